The van der Waals surface area contributed by atoms with Crippen molar-refractivity contribution in [3.63, 3.8) is 0 Å². The summed E-state index contributed by atoms with van der Waals surface area (Å²) in [6, 6.07) is 24.5. The first-order valence-electron chi connectivity index (χ1n) is 9.07. The van der Waals surface area contributed by atoms with E-state index in [1.54, 1.807) is 6.21 Å². The molecule has 7 nitrogen and oxygen atoms in total. The van der Waals surface area contributed by atoms with Crippen LogP contribution in [0, 0.1) is 0 Å². The van der Waals surface area contributed by atoms with E-state index in [1.165, 1.54) is 9.08 Å². The molecule has 5 aromatic rings. The van der Waals surface area contributed by atoms with Crippen LogP contribution < -0.4 is 11.4 Å². The van der Waals surface area contributed by atoms with Crippen LogP contribution in [-0.4, -0.2) is 25.4 Å². The number of rotatable bonds is 3. The number of aliphatic imine (C=N–C) groups is 1. The zero-order valence-corrected chi connectivity index (χ0v) is 15.3. The highest BCUT2D eigenvalue weighted by molar-refractivity contribution is 5.93. The first kappa shape index (κ1) is 16.9. The molecule has 0 saturated heterocycles. The lowest BCUT2D eigenvalue weighted by Gasteiger charge is -2.05. The van der Waals surface area contributed by atoms with Gasteiger partial charge in [-0.25, -0.2) is 14.2 Å². The van der Waals surface area contributed by atoms with E-state index in [9.17, 15) is 4.79 Å². The summed E-state index contributed by atoms with van der Waals surface area (Å²) in [7, 11) is 0. The minimum absolute atomic E-state index is 0.173. The minimum Gasteiger partial charge on any atom is -0.381 e. The van der Waals surface area contributed by atoms with Gasteiger partial charge in [0.05, 0.1) is 16.9 Å². The lowest BCUT2D eigenvalue weighted by atomic mass is 10.2. The highest BCUT2D eigenvalue weighted by atomic mass is 16.2. The van der Waals surface area contributed by atoms with E-state index in [4.69, 9.17) is 5.73 Å². The number of fused-ring (bicyclic) bond motifs is 3. The normalized spacial score (nSPS) is 11.6. The summed E-state index contributed by atoms with van der Waals surface area (Å²) in [6.07, 6.45) is 1.76. The summed E-state index contributed by atoms with van der Waals surface area (Å²) >= 11 is 0. The van der Waals surface area contributed by atoms with Crippen molar-refractivity contribution in [2.24, 2.45) is 4.99 Å². The molecular weight excluding hydrogens is 364 g/mol. The zero-order chi connectivity index (χ0) is 19.8. The third kappa shape index (κ3) is 2.85. The van der Waals surface area contributed by atoms with E-state index in [0.29, 0.717) is 28.1 Å². The Kier molecular flexibility index (Phi) is 3.91. The monoisotopic (exact) mass is 380 g/mol. The van der Waals surface area contributed by atoms with Crippen LogP contribution in [0.1, 0.15) is 5.56 Å². The fourth-order valence-corrected chi connectivity index (χ4v) is 3.26. The van der Waals surface area contributed by atoms with Gasteiger partial charge >= 0.3 is 5.69 Å². The molecular formula is C22H16N6O. The van der Waals surface area contributed by atoms with Gasteiger partial charge in [0.15, 0.2) is 5.82 Å². The van der Waals surface area contributed by atoms with Crippen molar-refractivity contribution < 1.29 is 0 Å². The number of benzene rings is 3. The maximum Gasteiger partial charge on any atom is 0.355 e. The van der Waals surface area contributed by atoms with Crippen molar-refractivity contribution in [1.29, 1.82) is 0 Å². The Bertz CT molecular complexity index is 1420. The van der Waals surface area contributed by atoms with Crippen molar-refractivity contribution in [2.45, 2.75) is 0 Å². The summed E-state index contributed by atoms with van der Waals surface area (Å²) in [5.41, 5.74) is 9.56. The average Bonchev–Trinajstić information content (AvgIpc) is 3.12. The average molecular weight is 380 g/mol. The number of anilines is 1. The molecule has 0 saturated carbocycles. The van der Waals surface area contributed by atoms with Crippen molar-refractivity contribution >= 4 is 34.4 Å². The van der Waals surface area contributed by atoms with Gasteiger partial charge in [-0.15, -0.1) is 5.10 Å². The maximum absolute atomic E-state index is 13.1. The molecule has 140 valence electrons. The van der Waals surface area contributed by atoms with Gasteiger partial charge in [-0.2, -0.15) is 4.68 Å². The number of hydrogen-bond acceptors (Lipinski definition) is 5. The van der Waals surface area contributed by atoms with Gasteiger partial charge in [-0.05, 0) is 29.8 Å². The highest BCUT2D eigenvalue weighted by Crippen LogP contribution is 2.26. The molecule has 0 aliphatic rings. The number of aromatic nitrogens is 4. The van der Waals surface area contributed by atoms with E-state index in [1.807, 2.05) is 78.9 Å². The van der Waals surface area contributed by atoms with Gasteiger partial charge in [0.1, 0.15) is 5.52 Å². The molecule has 0 aliphatic carbocycles. The van der Waals surface area contributed by atoms with Crippen molar-refractivity contribution in [3.05, 3.63) is 94.9 Å². The Hall–Kier alpha value is -4.26. The second kappa shape index (κ2) is 6.72. The molecule has 0 unspecified atom stereocenters. The van der Waals surface area contributed by atoms with Crippen LogP contribution in [0.3, 0.4) is 0 Å². The molecule has 0 aliphatic heterocycles. The van der Waals surface area contributed by atoms with Crippen LogP contribution in [0.4, 0.5) is 11.5 Å². The van der Waals surface area contributed by atoms with Gasteiger partial charge in [-0.1, -0.05) is 54.6 Å². The molecule has 0 atom stereocenters. The predicted molar refractivity (Wildman–Crippen MR) is 114 cm³/mol. The van der Waals surface area contributed by atoms with Gasteiger partial charge < -0.3 is 5.73 Å². The van der Waals surface area contributed by atoms with Crippen LogP contribution in [-0.2, 0) is 0 Å². The van der Waals surface area contributed by atoms with Crippen LogP contribution in [0.25, 0.3) is 22.4 Å². The smallest absolute Gasteiger partial charge is 0.355 e. The Morgan fingerprint density at radius 3 is 2.38 bits per heavy atom. The molecule has 5 rings (SSSR count). The van der Waals surface area contributed by atoms with E-state index >= 15 is 0 Å². The zero-order valence-electron chi connectivity index (χ0n) is 15.3. The van der Waals surface area contributed by atoms with Gasteiger partial charge in [0.2, 0.25) is 5.65 Å². The first-order valence-corrected chi connectivity index (χ1v) is 9.07. The van der Waals surface area contributed by atoms with Crippen molar-refractivity contribution in [2.75, 3.05) is 5.73 Å². The summed E-state index contributed by atoms with van der Waals surface area (Å²) in [5.74, 6) is 0.173. The van der Waals surface area contributed by atoms with Gasteiger partial charge in [0.25, 0.3) is 0 Å². The number of nitrogens with zero attached hydrogens (tertiary/aromatic N) is 5. The Morgan fingerprint density at radius 2 is 1.62 bits per heavy atom. The molecule has 2 N–H and O–H groups in total. The Morgan fingerprint density at radius 1 is 0.897 bits per heavy atom. The highest BCUT2D eigenvalue weighted by Gasteiger charge is 2.16. The largest absolute Gasteiger partial charge is 0.381 e. The molecule has 0 fully saturated rings. The molecule has 0 radical (unpaired) electrons. The summed E-state index contributed by atoms with van der Waals surface area (Å²) < 4.78 is 2.80. The molecule has 3 aromatic carbocycles. The number of para-hydroxylation sites is 2. The van der Waals surface area contributed by atoms with Crippen LogP contribution >= 0.6 is 0 Å². The number of nitrogens with two attached hydrogens (primary N) is 1. The number of nitrogen functional groups attached to an aromatic ring is 1. The minimum atomic E-state index is -0.311. The lowest BCUT2D eigenvalue weighted by Crippen LogP contribution is -2.20. The first-order chi connectivity index (χ1) is 14.2. The fourth-order valence-electron chi connectivity index (χ4n) is 3.26. The van der Waals surface area contributed by atoms with Crippen molar-refractivity contribution in [3.8, 4) is 5.69 Å². The van der Waals surface area contributed by atoms with E-state index in [2.05, 4.69) is 15.1 Å². The summed E-state index contributed by atoms with van der Waals surface area (Å²) in [5, 5.41) is 4.40. The molecule has 2 heterocycles. The summed E-state index contributed by atoms with van der Waals surface area (Å²) in [6.45, 7) is 0. The summed E-state index contributed by atoms with van der Waals surface area (Å²) in [4.78, 5) is 22.2. The van der Waals surface area contributed by atoms with E-state index < -0.39 is 0 Å². The topological polar surface area (TPSA) is 90.6 Å². The van der Waals surface area contributed by atoms with Crippen LogP contribution in [0.2, 0.25) is 0 Å². The third-order valence-electron chi connectivity index (χ3n) is 4.63. The third-order valence-corrected chi connectivity index (χ3v) is 4.63. The maximum atomic E-state index is 13.1. The molecule has 29 heavy (non-hydrogen) atoms. The fraction of sp³-hybridized carbons (Fsp3) is 0. The molecule has 0 bridgehead atoms. The molecule has 0 spiro atoms. The van der Waals surface area contributed by atoms with E-state index in [0.717, 1.165) is 5.56 Å². The predicted octanol–water partition coefficient (Wildman–Crippen LogP) is 3.37. The molecule has 2 aromatic heterocycles. The molecule has 7 heteroatoms. The van der Waals surface area contributed by atoms with Gasteiger partial charge in [-0.3, -0.25) is 4.99 Å². The molecule has 0 amide bonds. The van der Waals surface area contributed by atoms with E-state index in [-0.39, 0.29) is 11.5 Å². The lowest BCUT2D eigenvalue weighted by molar-refractivity contribution is 0.842. The second-order valence-electron chi connectivity index (χ2n) is 6.50. The number of hydrogen-bond donors (Lipinski definition) is 1. The second-order valence-corrected chi connectivity index (χ2v) is 6.50. The van der Waals surface area contributed by atoms with Crippen LogP contribution in [0.5, 0.6) is 0 Å². The van der Waals surface area contributed by atoms with Gasteiger partial charge in [0, 0.05) is 6.21 Å². The quantitative estimate of drug-likeness (QED) is 0.486. The van der Waals surface area contributed by atoms with Crippen LogP contribution in [0.15, 0.2) is 88.6 Å². The van der Waals surface area contributed by atoms with Crippen molar-refractivity contribution in [1.82, 2.24) is 19.2 Å². The Balaban J connectivity index is 1.75. The standard InChI is InChI=1S/C22H16N6O/c23-20-21-26-28(16-10-5-2-6-11-16)22(29)27(21)18-13-7-12-17(19(18)25-20)24-14-15-8-3-1-4-9-15/h1-14H,(H2,23,25). The SMILES string of the molecule is Nc1nc2c(N=Cc3ccccc3)cccc2n2c(=O)n(-c3ccccc3)nc12. The Labute approximate surface area is 165 Å².